The fraction of sp³-hybridized carbons (Fsp3) is 0.300. The van der Waals surface area contributed by atoms with Gasteiger partial charge in [-0.25, -0.2) is 0 Å². The minimum Gasteiger partial charge on any atom is -0.484 e. The van der Waals surface area contributed by atoms with Crippen LogP contribution in [-0.4, -0.2) is 23.6 Å². The molecule has 2 aromatic carbocycles. The second-order valence-corrected chi connectivity index (χ2v) is 6.24. The van der Waals surface area contributed by atoms with Crippen molar-refractivity contribution in [3.8, 4) is 5.75 Å². The first-order chi connectivity index (χ1) is 11.9. The van der Waals surface area contributed by atoms with Gasteiger partial charge in [-0.05, 0) is 48.2 Å². The number of hydrogen-bond donors (Lipinski definition) is 2. The van der Waals surface area contributed by atoms with Crippen LogP contribution < -0.4 is 10.1 Å². The zero-order valence-electron chi connectivity index (χ0n) is 14.7. The molecule has 0 bridgehead atoms. The van der Waals surface area contributed by atoms with E-state index in [2.05, 4.69) is 19.2 Å². The number of hydrogen-bond acceptors (Lipinski definition) is 3. The summed E-state index contributed by atoms with van der Waals surface area (Å²) in [7, 11) is 0. The quantitative estimate of drug-likeness (QED) is 0.798. The van der Waals surface area contributed by atoms with Gasteiger partial charge >= 0.3 is 5.97 Å². The average Bonchev–Trinajstić information content (AvgIpc) is 2.60. The van der Waals surface area contributed by atoms with Gasteiger partial charge in [0.1, 0.15) is 5.75 Å². The Morgan fingerprint density at radius 1 is 0.960 bits per heavy atom. The molecule has 0 heterocycles. The van der Waals surface area contributed by atoms with Crippen LogP contribution in [0.25, 0.3) is 0 Å². The van der Waals surface area contributed by atoms with Crippen molar-refractivity contribution in [1.82, 2.24) is 0 Å². The molecule has 0 radical (unpaired) electrons. The van der Waals surface area contributed by atoms with E-state index in [1.807, 2.05) is 24.3 Å². The summed E-state index contributed by atoms with van der Waals surface area (Å²) in [5.41, 5.74) is 2.50. The fourth-order valence-electron chi connectivity index (χ4n) is 2.29. The van der Waals surface area contributed by atoms with Crippen LogP contribution in [-0.2, 0) is 9.59 Å². The Morgan fingerprint density at radius 2 is 1.52 bits per heavy atom. The summed E-state index contributed by atoms with van der Waals surface area (Å²) in [5, 5.41) is 11.7. The van der Waals surface area contributed by atoms with Crippen molar-refractivity contribution in [2.45, 2.75) is 32.6 Å². The van der Waals surface area contributed by atoms with Crippen LogP contribution in [0.5, 0.6) is 5.75 Å². The van der Waals surface area contributed by atoms with Gasteiger partial charge in [0.25, 0.3) is 5.91 Å². The zero-order valence-corrected chi connectivity index (χ0v) is 14.7. The summed E-state index contributed by atoms with van der Waals surface area (Å²) >= 11 is 0. The van der Waals surface area contributed by atoms with Gasteiger partial charge in [0, 0.05) is 5.69 Å². The van der Waals surface area contributed by atoms with Crippen molar-refractivity contribution in [1.29, 1.82) is 0 Å². The predicted octanol–water partition coefficient (Wildman–Crippen LogP) is 4.02. The number of aliphatic carboxylic acids is 1. The first-order valence-corrected chi connectivity index (χ1v) is 8.22. The summed E-state index contributed by atoms with van der Waals surface area (Å²) in [6.45, 7) is 5.76. The van der Waals surface area contributed by atoms with Crippen LogP contribution in [0.1, 0.15) is 43.7 Å². The van der Waals surface area contributed by atoms with Gasteiger partial charge in [-0.3, -0.25) is 9.59 Å². The van der Waals surface area contributed by atoms with E-state index in [0.717, 1.165) is 0 Å². The van der Waals surface area contributed by atoms with Gasteiger partial charge in [-0.1, -0.05) is 38.1 Å². The minimum absolute atomic E-state index is 0.0890. The molecule has 5 heteroatoms. The SMILES string of the molecule is CC(C)c1ccc(OCC(=O)Nc2ccc(C(C)C(=O)O)cc2)cc1. The average molecular weight is 341 g/mol. The molecule has 0 aliphatic carbocycles. The van der Waals surface area contributed by atoms with Crippen molar-refractivity contribution in [3.63, 3.8) is 0 Å². The highest BCUT2D eigenvalue weighted by Gasteiger charge is 2.13. The predicted molar refractivity (Wildman–Crippen MR) is 97.1 cm³/mol. The largest absolute Gasteiger partial charge is 0.484 e. The van der Waals surface area contributed by atoms with Crippen LogP contribution in [0.4, 0.5) is 5.69 Å². The lowest BCUT2D eigenvalue weighted by molar-refractivity contribution is -0.138. The lowest BCUT2D eigenvalue weighted by Gasteiger charge is -2.10. The maximum atomic E-state index is 12.0. The maximum absolute atomic E-state index is 12.0. The Kier molecular flexibility index (Phi) is 6.17. The minimum atomic E-state index is -0.881. The second-order valence-electron chi connectivity index (χ2n) is 6.24. The summed E-state index contributed by atoms with van der Waals surface area (Å²) in [4.78, 5) is 22.9. The van der Waals surface area contributed by atoms with E-state index >= 15 is 0 Å². The number of anilines is 1. The number of nitrogens with one attached hydrogen (secondary N) is 1. The van der Waals surface area contributed by atoms with E-state index in [0.29, 0.717) is 22.9 Å². The van der Waals surface area contributed by atoms with Crippen molar-refractivity contribution < 1.29 is 19.4 Å². The van der Waals surface area contributed by atoms with Gasteiger partial charge in [0.2, 0.25) is 0 Å². The van der Waals surface area contributed by atoms with Crippen LogP contribution in [0.3, 0.4) is 0 Å². The lowest BCUT2D eigenvalue weighted by atomic mass is 10.0. The van der Waals surface area contributed by atoms with Gasteiger partial charge in [-0.15, -0.1) is 0 Å². The standard InChI is InChI=1S/C20H23NO4/c1-13(2)15-6-10-18(11-7-15)25-12-19(22)21-17-8-4-16(5-9-17)14(3)20(23)24/h4-11,13-14H,12H2,1-3H3,(H,21,22)(H,23,24). The van der Waals surface area contributed by atoms with Gasteiger partial charge in [-0.2, -0.15) is 0 Å². The molecular weight excluding hydrogens is 318 g/mol. The smallest absolute Gasteiger partial charge is 0.310 e. The highest BCUT2D eigenvalue weighted by atomic mass is 16.5. The van der Waals surface area contributed by atoms with E-state index in [9.17, 15) is 9.59 Å². The molecule has 1 amide bonds. The Morgan fingerprint density at radius 3 is 2.04 bits per heavy atom. The third kappa shape index (κ3) is 5.35. The fourth-order valence-corrected chi connectivity index (χ4v) is 2.29. The molecule has 0 aromatic heterocycles. The molecule has 0 spiro atoms. The van der Waals surface area contributed by atoms with Gasteiger partial charge < -0.3 is 15.2 Å². The molecule has 5 nitrogen and oxygen atoms in total. The van der Waals surface area contributed by atoms with E-state index in [4.69, 9.17) is 9.84 Å². The van der Waals surface area contributed by atoms with Crippen molar-refractivity contribution in [3.05, 3.63) is 59.7 Å². The molecule has 2 N–H and O–H groups in total. The summed E-state index contributed by atoms with van der Waals surface area (Å²) < 4.78 is 5.48. The molecule has 0 aliphatic heterocycles. The Bertz CT molecular complexity index is 720. The van der Waals surface area contributed by atoms with Gasteiger partial charge in [0.05, 0.1) is 5.92 Å². The van der Waals surface area contributed by atoms with E-state index in [1.165, 1.54) is 5.56 Å². The molecule has 0 saturated heterocycles. The van der Waals surface area contributed by atoms with E-state index < -0.39 is 11.9 Å². The van der Waals surface area contributed by atoms with Crippen LogP contribution in [0.2, 0.25) is 0 Å². The highest BCUT2D eigenvalue weighted by molar-refractivity contribution is 5.92. The topological polar surface area (TPSA) is 75.6 Å². The number of carbonyl (C=O) groups is 2. The zero-order chi connectivity index (χ0) is 18.4. The normalized spacial score (nSPS) is 11.8. The molecule has 0 aliphatic rings. The molecular formula is C20H23NO4. The number of carboxylic acids is 1. The monoisotopic (exact) mass is 341 g/mol. The number of ether oxygens (including phenoxy) is 1. The lowest BCUT2D eigenvalue weighted by Crippen LogP contribution is -2.20. The Balaban J connectivity index is 1.86. The molecule has 1 atom stereocenters. The number of amides is 1. The Labute approximate surface area is 147 Å². The van der Waals surface area contributed by atoms with Crippen molar-refractivity contribution in [2.75, 3.05) is 11.9 Å². The number of benzene rings is 2. The molecule has 1 unspecified atom stereocenters. The summed E-state index contributed by atoms with van der Waals surface area (Å²) in [6.07, 6.45) is 0. The van der Waals surface area contributed by atoms with Crippen LogP contribution >= 0.6 is 0 Å². The first-order valence-electron chi connectivity index (χ1n) is 8.22. The van der Waals surface area contributed by atoms with Crippen molar-refractivity contribution >= 4 is 17.6 Å². The number of carbonyl (C=O) groups excluding carboxylic acids is 1. The molecule has 2 rings (SSSR count). The van der Waals surface area contributed by atoms with Crippen molar-refractivity contribution in [2.24, 2.45) is 0 Å². The highest BCUT2D eigenvalue weighted by Crippen LogP contribution is 2.19. The third-order valence-electron chi connectivity index (χ3n) is 3.98. The molecule has 25 heavy (non-hydrogen) atoms. The third-order valence-corrected chi connectivity index (χ3v) is 3.98. The second kappa shape index (κ2) is 8.33. The maximum Gasteiger partial charge on any atom is 0.310 e. The molecule has 0 fully saturated rings. The molecule has 2 aromatic rings. The van der Waals surface area contributed by atoms with Gasteiger partial charge in [0.15, 0.2) is 6.61 Å². The van der Waals surface area contributed by atoms with Crippen LogP contribution in [0, 0.1) is 0 Å². The van der Waals surface area contributed by atoms with Crippen LogP contribution in [0.15, 0.2) is 48.5 Å². The first kappa shape index (κ1) is 18.5. The summed E-state index contributed by atoms with van der Waals surface area (Å²) in [6, 6.07) is 14.4. The van der Waals surface area contributed by atoms with E-state index in [1.54, 1.807) is 31.2 Å². The number of carboxylic acid groups (broad SMARTS) is 1. The van der Waals surface area contributed by atoms with E-state index in [-0.39, 0.29) is 12.5 Å². The Hall–Kier alpha value is -2.82. The summed E-state index contributed by atoms with van der Waals surface area (Å²) in [5.74, 6) is -0.642. The number of rotatable bonds is 7. The molecule has 132 valence electrons. The molecule has 0 saturated carbocycles.